The van der Waals surface area contributed by atoms with E-state index in [1.807, 2.05) is 6.07 Å². The number of aromatic nitrogens is 3. The van der Waals surface area contributed by atoms with Crippen molar-refractivity contribution in [2.24, 2.45) is 0 Å². The summed E-state index contributed by atoms with van der Waals surface area (Å²) in [6, 6.07) is 3.64. The maximum absolute atomic E-state index is 12.3. The number of ether oxygens (including phenoxy) is 1. The van der Waals surface area contributed by atoms with Gasteiger partial charge in [0.15, 0.2) is 0 Å². The Labute approximate surface area is 150 Å². The minimum Gasteiger partial charge on any atom is -0.450 e. The van der Waals surface area contributed by atoms with Crippen molar-refractivity contribution >= 4 is 12.0 Å². The van der Waals surface area contributed by atoms with E-state index in [0.29, 0.717) is 50.9 Å². The normalized spacial score (nSPS) is 14.3. The molecule has 0 atom stereocenters. The predicted molar refractivity (Wildman–Crippen MR) is 91.0 cm³/mol. The molecule has 0 aliphatic carbocycles. The van der Waals surface area contributed by atoms with Gasteiger partial charge in [-0.3, -0.25) is 9.78 Å². The molecule has 0 radical (unpaired) electrons. The lowest BCUT2D eigenvalue weighted by molar-refractivity contribution is -0.132. The summed E-state index contributed by atoms with van der Waals surface area (Å²) in [7, 11) is 0. The van der Waals surface area contributed by atoms with Crippen LogP contribution in [0.3, 0.4) is 0 Å². The first-order valence-electron chi connectivity index (χ1n) is 8.60. The lowest BCUT2D eigenvalue weighted by Gasteiger charge is -2.34. The zero-order valence-electron chi connectivity index (χ0n) is 14.6. The summed E-state index contributed by atoms with van der Waals surface area (Å²) < 4.78 is 10.2. The number of carbonyl (C=O) groups excluding carboxylic acids is 2. The van der Waals surface area contributed by atoms with Gasteiger partial charge in [0.05, 0.1) is 6.61 Å². The monoisotopic (exact) mass is 359 g/mol. The lowest BCUT2D eigenvalue weighted by Crippen LogP contribution is -2.50. The molecule has 0 unspecified atom stereocenters. The van der Waals surface area contributed by atoms with Gasteiger partial charge in [-0.1, -0.05) is 5.16 Å². The molecule has 0 spiro atoms. The number of hydrogen-bond donors (Lipinski definition) is 0. The van der Waals surface area contributed by atoms with Crippen LogP contribution in [0.1, 0.15) is 19.2 Å². The summed E-state index contributed by atoms with van der Waals surface area (Å²) in [6.45, 7) is 4.09. The number of piperazine rings is 1. The van der Waals surface area contributed by atoms with E-state index in [2.05, 4.69) is 15.1 Å². The number of carbonyl (C=O) groups is 2. The number of aryl methyl sites for hydroxylation is 1. The SMILES string of the molecule is CCOC(=O)N1CCN(C(=O)CCc2nc(-c3cccnc3)no2)CC1. The van der Waals surface area contributed by atoms with Crippen molar-refractivity contribution in [1.82, 2.24) is 24.9 Å². The van der Waals surface area contributed by atoms with Crippen molar-refractivity contribution < 1.29 is 18.8 Å². The Hall–Kier alpha value is -2.97. The molecule has 1 fully saturated rings. The zero-order valence-corrected chi connectivity index (χ0v) is 14.6. The van der Waals surface area contributed by atoms with Crippen LogP contribution in [0, 0.1) is 0 Å². The maximum Gasteiger partial charge on any atom is 0.409 e. The fourth-order valence-corrected chi connectivity index (χ4v) is 2.69. The Morgan fingerprint density at radius 3 is 2.69 bits per heavy atom. The highest BCUT2D eigenvalue weighted by Crippen LogP contribution is 2.15. The first kappa shape index (κ1) is 17.8. The third-order valence-corrected chi connectivity index (χ3v) is 4.10. The van der Waals surface area contributed by atoms with Crippen molar-refractivity contribution in [3.05, 3.63) is 30.4 Å². The van der Waals surface area contributed by atoms with Crippen molar-refractivity contribution in [3.63, 3.8) is 0 Å². The average Bonchev–Trinajstić information content (AvgIpc) is 3.16. The van der Waals surface area contributed by atoms with Crippen LogP contribution < -0.4 is 0 Å². The minimum absolute atomic E-state index is 0.00892. The molecule has 1 saturated heterocycles. The first-order chi connectivity index (χ1) is 12.7. The summed E-state index contributed by atoms with van der Waals surface area (Å²) in [5.74, 6) is 0.889. The predicted octanol–water partition coefficient (Wildman–Crippen LogP) is 1.36. The van der Waals surface area contributed by atoms with Gasteiger partial charge in [0.2, 0.25) is 17.6 Å². The molecule has 2 amide bonds. The molecule has 3 heterocycles. The third-order valence-electron chi connectivity index (χ3n) is 4.10. The second-order valence-electron chi connectivity index (χ2n) is 5.82. The fourth-order valence-electron chi connectivity index (χ4n) is 2.69. The molecular formula is C17H21N5O4. The minimum atomic E-state index is -0.326. The van der Waals surface area contributed by atoms with Gasteiger partial charge in [-0.05, 0) is 19.1 Å². The molecule has 1 aliphatic heterocycles. The summed E-state index contributed by atoms with van der Waals surface area (Å²) in [5.41, 5.74) is 0.768. The molecule has 138 valence electrons. The number of nitrogens with zero attached hydrogens (tertiary/aromatic N) is 5. The molecule has 3 rings (SSSR count). The highest BCUT2D eigenvalue weighted by molar-refractivity contribution is 5.77. The number of rotatable bonds is 5. The Balaban J connectivity index is 1.46. The molecule has 26 heavy (non-hydrogen) atoms. The van der Waals surface area contributed by atoms with Crippen LogP contribution in [-0.4, -0.2) is 69.7 Å². The summed E-state index contributed by atoms with van der Waals surface area (Å²) in [6.07, 6.45) is 3.67. The van der Waals surface area contributed by atoms with E-state index < -0.39 is 0 Å². The lowest BCUT2D eigenvalue weighted by atomic mass is 10.2. The van der Waals surface area contributed by atoms with Gasteiger partial charge in [-0.15, -0.1) is 0 Å². The molecule has 0 bridgehead atoms. The van der Waals surface area contributed by atoms with Crippen molar-refractivity contribution in [3.8, 4) is 11.4 Å². The molecule has 0 saturated carbocycles. The van der Waals surface area contributed by atoms with E-state index >= 15 is 0 Å². The van der Waals surface area contributed by atoms with Crippen LogP contribution in [-0.2, 0) is 16.0 Å². The highest BCUT2D eigenvalue weighted by atomic mass is 16.6. The maximum atomic E-state index is 12.3. The molecule has 2 aromatic rings. The van der Waals surface area contributed by atoms with E-state index in [-0.39, 0.29) is 18.4 Å². The van der Waals surface area contributed by atoms with Crippen molar-refractivity contribution in [1.29, 1.82) is 0 Å². The molecule has 9 nitrogen and oxygen atoms in total. The van der Waals surface area contributed by atoms with E-state index in [1.165, 1.54) is 0 Å². The molecule has 0 aromatic carbocycles. The summed E-state index contributed by atoms with van der Waals surface area (Å²) in [5, 5.41) is 3.91. The van der Waals surface area contributed by atoms with E-state index in [1.54, 1.807) is 35.2 Å². The van der Waals surface area contributed by atoms with E-state index in [0.717, 1.165) is 5.56 Å². The molecule has 9 heteroatoms. The Bertz CT molecular complexity index is 741. The highest BCUT2D eigenvalue weighted by Gasteiger charge is 2.25. The number of hydrogen-bond acceptors (Lipinski definition) is 7. The summed E-state index contributed by atoms with van der Waals surface area (Å²) >= 11 is 0. The van der Waals surface area contributed by atoms with Crippen molar-refractivity contribution in [2.75, 3.05) is 32.8 Å². The molecule has 2 aromatic heterocycles. The zero-order chi connectivity index (χ0) is 18.4. The third kappa shape index (κ3) is 4.35. The average molecular weight is 359 g/mol. The van der Waals surface area contributed by atoms with Gasteiger partial charge in [-0.25, -0.2) is 4.79 Å². The Morgan fingerprint density at radius 1 is 1.23 bits per heavy atom. The standard InChI is InChI=1S/C17H21N5O4/c1-2-25-17(24)22-10-8-21(9-11-22)15(23)6-5-14-19-16(20-26-14)13-4-3-7-18-12-13/h3-4,7,12H,2,5-6,8-11H2,1H3. The summed E-state index contributed by atoms with van der Waals surface area (Å²) in [4.78, 5) is 35.7. The molecular weight excluding hydrogens is 338 g/mol. The van der Waals surface area contributed by atoms with Gasteiger partial charge in [0, 0.05) is 57.0 Å². The molecule has 1 aliphatic rings. The largest absolute Gasteiger partial charge is 0.450 e. The fraction of sp³-hybridized carbons (Fsp3) is 0.471. The quantitative estimate of drug-likeness (QED) is 0.794. The van der Waals surface area contributed by atoms with E-state index in [9.17, 15) is 9.59 Å². The second-order valence-corrected chi connectivity index (χ2v) is 5.82. The van der Waals surface area contributed by atoms with Crippen LogP contribution in [0.25, 0.3) is 11.4 Å². The van der Waals surface area contributed by atoms with Crippen LogP contribution >= 0.6 is 0 Å². The van der Waals surface area contributed by atoms with Crippen LogP contribution in [0.15, 0.2) is 29.0 Å². The van der Waals surface area contributed by atoms with Crippen LogP contribution in [0.2, 0.25) is 0 Å². The number of amides is 2. The topological polar surface area (TPSA) is 102 Å². The first-order valence-corrected chi connectivity index (χ1v) is 8.60. The Kier molecular flexibility index (Phi) is 5.77. The second kappa shape index (κ2) is 8.41. The van der Waals surface area contributed by atoms with Crippen LogP contribution in [0.4, 0.5) is 4.79 Å². The van der Waals surface area contributed by atoms with Gasteiger partial charge >= 0.3 is 6.09 Å². The Morgan fingerprint density at radius 2 is 2.00 bits per heavy atom. The van der Waals surface area contributed by atoms with Gasteiger partial charge < -0.3 is 19.1 Å². The molecule has 0 N–H and O–H groups in total. The van der Waals surface area contributed by atoms with Gasteiger partial charge in [0.25, 0.3) is 0 Å². The van der Waals surface area contributed by atoms with E-state index in [4.69, 9.17) is 9.26 Å². The van der Waals surface area contributed by atoms with Gasteiger partial charge in [0.1, 0.15) is 0 Å². The number of pyridine rings is 1. The van der Waals surface area contributed by atoms with Crippen LogP contribution in [0.5, 0.6) is 0 Å². The van der Waals surface area contributed by atoms with Gasteiger partial charge in [-0.2, -0.15) is 4.98 Å². The van der Waals surface area contributed by atoms with Crippen molar-refractivity contribution in [2.45, 2.75) is 19.8 Å². The smallest absolute Gasteiger partial charge is 0.409 e.